The van der Waals surface area contributed by atoms with Crippen LogP contribution in [0.25, 0.3) is 0 Å². The van der Waals surface area contributed by atoms with Gasteiger partial charge in [0.15, 0.2) is 0 Å². The fourth-order valence-corrected chi connectivity index (χ4v) is 3.63. The molecule has 35 heavy (non-hydrogen) atoms. The Hall–Kier alpha value is -3.37. The number of anilines is 2. The smallest absolute Gasteiger partial charge is 0.254 e. The molecule has 3 rings (SSSR count). The van der Waals surface area contributed by atoms with Gasteiger partial charge >= 0.3 is 0 Å². The molecule has 1 saturated heterocycles. The SMILES string of the molecule is C=CC(=O)Nc1ccc(C(=O)N2CCC(Nc3ncc(Cl)c(OCC)n3)C2)cc1OCCN(C)C. The van der Waals surface area contributed by atoms with Gasteiger partial charge in [0.05, 0.1) is 18.5 Å². The Balaban J connectivity index is 1.68. The summed E-state index contributed by atoms with van der Waals surface area (Å²) in [4.78, 5) is 37.3. The Morgan fingerprint density at radius 2 is 2.14 bits per heavy atom. The second-order valence-corrected chi connectivity index (χ2v) is 8.62. The minimum atomic E-state index is -0.355. The number of likely N-dealkylation sites (N-methyl/N-ethyl adjacent to an activating group) is 1. The number of ether oxygens (including phenoxy) is 2. The standard InChI is InChI=1S/C24H31ClN6O4/c1-5-21(32)28-19-8-7-16(13-20(19)35-12-11-30(3)4)23(33)31-10-9-17(15-31)27-24-26-14-18(25)22(29-24)34-6-2/h5,7-8,13-14,17H,1,6,9-12,15H2,2-4H3,(H,28,32)(H,26,27,29). The normalized spacial score (nSPS) is 15.1. The summed E-state index contributed by atoms with van der Waals surface area (Å²) in [7, 11) is 3.88. The largest absolute Gasteiger partial charge is 0.490 e. The van der Waals surface area contributed by atoms with E-state index in [2.05, 4.69) is 27.2 Å². The molecule has 0 bridgehead atoms. The van der Waals surface area contributed by atoms with Crippen molar-refractivity contribution in [1.29, 1.82) is 0 Å². The summed E-state index contributed by atoms with van der Waals surface area (Å²) in [5, 5.41) is 6.32. The molecule has 1 aromatic carbocycles. The molecule has 0 spiro atoms. The van der Waals surface area contributed by atoms with E-state index in [9.17, 15) is 9.59 Å². The molecule has 1 aromatic heterocycles. The van der Waals surface area contributed by atoms with Crippen LogP contribution in [0.1, 0.15) is 23.7 Å². The Morgan fingerprint density at radius 3 is 2.86 bits per heavy atom. The van der Waals surface area contributed by atoms with Crippen molar-refractivity contribution in [3.63, 3.8) is 0 Å². The monoisotopic (exact) mass is 502 g/mol. The van der Waals surface area contributed by atoms with Crippen LogP contribution < -0.4 is 20.1 Å². The van der Waals surface area contributed by atoms with Gasteiger partial charge in [0, 0.05) is 31.2 Å². The zero-order valence-corrected chi connectivity index (χ0v) is 21.0. The highest BCUT2D eigenvalue weighted by Crippen LogP contribution is 2.28. The second-order valence-electron chi connectivity index (χ2n) is 8.22. The van der Waals surface area contributed by atoms with E-state index < -0.39 is 0 Å². The van der Waals surface area contributed by atoms with Gasteiger partial charge in [0.25, 0.3) is 5.91 Å². The molecule has 1 unspecified atom stereocenters. The summed E-state index contributed by atoms with van der Waals surface area (Å²) in [6.07, 6.45) is 3.41. The number of hydrogen-bond donors (Lipinski definition) is 2. The van der Waals surface area contributed by atoms with Crippen LogP contribution >= 0.6 is 11.6 Å². The molecule has 0 aliphatic carbocycles. The van der Waals surface area contributed by atoms with Crippen LogP contribution in [0.5, 0.6) is 11.6 Å². The first kappa shape index (κ1) is 26.2. The van der Waals surface area contributed by atoms with E-state index in [-0.39, 0.29) is 17.9 Å². The Kier molecular flexibility index (Phi) is 9.27. The lowest BCUT2D eigenvalue weighted by molar-refractivity contribution is -0.111. The zero-order chi connectivity index (χ0) is 25.4. The van der Waals surface area contributed by atoms with Crippen molar-refractivity contribution in [2.24, 2.45) is 0 Å². The Labute approximate surface area is 210 Å². The van der Waals surface area contributed by atoms with Crippen molar-refractivity contribution in [2.45, 2.75) is 19.4 Å². The summed E-state index contributed by atoms with van der Waals surface area (Å²) < 4.78 is 11.3. The van der Waals surface area contributed by atoms with Gasteiger partial charge in [-0.3, -0.25) is 9.59 Å². The third kappa shape index (κ3) is 7.30. The van der Waals surface area contributed by atoms with Gasteiger partial charge in [0.2, 0.25) is 17.7 Å². The molecule has 0 saturated carbocycles. The molecule has 11 heteroatoms. The molecule has 2 heterocycles. The molecular weight excluding hydrogens is 472 g/mol. The van der Waals surface area contributed by atoms with Crippen LogP contribution in [0.4, 0.5) is 11.6 Å². The van der Waals surface area contributed by atoms with Crippen LogP contribution in [0.2, 0.25) is 5.02 Å². The number of hydrogen-bond acceptors (Lipinski definition) is 8. The van der Waals surface area contributed by atoms with E-state index in [1.807, 2.05) is 25.9 Å². The van der Waals surface area contributed by atoms with Crippen LogP contribution in [0.15, 0.2) is 37.1 Å². The topological polar surface area (TPSA) is 109 Å². The summed E-state index contributed by atoms with van der Waals surface area (Å²) >= 11 is 6.06. The van der Waals surface area contributed by atoms with Gasteiger partial charge in [-0.2, -0.15) is 4.98 Å². The molecule has 1 fully saturated rings. The minimum Gasteiger partial charge on any atom is -0.490 e. The number of carbonyl (C=O) groups excluding carboxylic acids is 2. The average molecular weight is 503 g/mol. The molecular formula is C24H31ClN6O4. The summed E-state index contributed by atoms with van der Waals surface area (Å²) in [5.41, 5.74) is 0.958. The third-order valence-electron chi connectivity index (χ3n) is 5.27. The first-order chi connectivity index (χ1) is 16.8. The molecule has 10 nitrogen and oxygen atoms in total. The summed E-state index contributed by atoms with van der Waals surface area (Å²) in [6, 6.07) is 4.99. The van der Waals surface area contributed by atoms with Crippen molar-refractivity contribution in [3.8, 4) is 11.6 Å². The quantitative estimate of drug-likeness (QED) is 0.451. The number of carbonyl (C=O) groups is 2. The van der Waals surface area contributed by atoms with E-state index in [0.29, 0.717) is 66.7 Å². The summed E-state index contributed by atoms with van der Waals surface area (Å²) in [6.45, 7) is 7.93. The highest BCUT2D eigenvalue weighted by atomic mass is 35.5. The van der Waals surface area contributed by atoms with Crippen LogP contribution in [-0.2, 0) is 4.79 Å². The predicted molar refractivity (Wildman–Crippen MR) is 135 cm³/mol. The maximum Gasteiger partial charge on any atom is 0.254 e. The highest BCUT2D eigenvalue weighted by molar-refractivity contribution is 6.31. The fourth-order valence-electron chi connectivity index (χ4n) is 3.49. The number of amides is 2. The molecule has 1 aliphatic heterocycles. The van der Waals surface area contributed by atoms with Gasteiger partial charge in [-0.25, -0.2) is 4.98 Å². The lowest BCUT2D eigenvalue weighted by Gasteiger charge is -2.19. The van der Waals surface area contributed by atoms with Crippen molar-refractivity contribution in [1.82, 2.24) is 19.8 Å². The number of benzene rings is 1. The third-order valence-corrected chi connectivity index (χ3v) is 5.53. The van der Waals surface area contributed by atoms with Gasteiger partial charge < -0.3 is 29.9 Å². The van der Waals surface area contributed by atoms with Crippen LogP contribution in [0, 0.1) is 0 Å². The predicted octanol–water partition coefficient (Wildman–Crippen LogP) is 2.92. The lowest BCUT2D eigenvalue weighted by Crippen LogP contribution is -2.32. The van der Waals surface area contributed by atoms with Gasteiger partial charge in [0.1, 0.15) is 17.4 Å². The summed E-state index contributed by atoms with van der Waals surface area (Å²) in [5.74, 6) is 0.672. The van der Waals surface area contributed by atoms with Crippen LogP contribution in [0.3, 0.4) is 0 Å². The number of rotatable bonds is 11. The Bertz CT molecular complexity index is 1060. The van der Waals surface area contributed by atoms with E-state index in [1.54, 1.807) is 23.1 Å². The molecule has 0 radical (unpaired) electrons. The first-order valence-corrected chi connectivity index (χ1v) is 11.7. The Morgan fingerprint density at radius 1 is 1.34 bits per heavy atom. The van der Waals surface area contributed by atoms with Crippen molar-refractivity contribution < 1.29 is 19.1 Å². The molecule has 2 N–H and O–H groups in total. The van der Waals surface area contributed by atoms with Crippen molar-refractivity contribution in [3.05, 3.63) is 47.6 Å². The second kappa shape index (κ2) is 12.4. The first-order valence-electron chi connectivity index (χ1n) is 11.4. The van der Waals surface area contributed by atoms with E-state index >= 15 is 0 Å². The number of halogens is 1. The van der Waals surface area contributed by atoms with Crippen LogP contribution in [-0.4, -0.2) is 84.6 Å². The fraction of sp³-hybridized carbons (Fsp3) is 0.417. The molecule has 2 aromatic rings. The molecule has 1 atom stereocenters. The van der Waals surface area contributed by atoms with Gasteiger partial charge in [-0.15, -0.1) is 0 Å². The van der Waals surface area contributed by atoms with E-state index in [0.717, 1.165) is 6.42 Å². The molecule has 188 valence electrons. The van der Waals surface area contributed by atoms with Crippen molar-refractivity contribution >= 4 is 35.1 Å². The molecule has 2 amide bonds. The average Bonchev–Trinajstić information content (AvgIpc) is 3.30. The number of aromatic nitrogens is 2. The number of nitrogens with one attached hydrogen (secondary N) is 2. The minimum absolute atomic E-state index is 0.0171. The maximum atomic E-state index is 13.2. The lowest BCUT2D eigenvalue weighted by atomic mass is 10.1. The number of nitrogens with zero attached hydrogens (tertiary/aromatic N) is 4. The zero-order valence-electron chi connectivity index (χ0n) is 20.2. The maximum absolute atomic E-state index is 13.2. The van der Waals surface area contributed by atoms with E-state index in [4.69, 9.17) is 21.1 Å². The highest BCUT2D eigenvalue weighted by Gasteiger charge is 2.28. The number of likely N-dealkylation sites (tertiary alicyclic amines) is 1. The van der Waals surface area contributed by atoms with Gasteiger partial charge in [-0.1, -0.05) is 18.2 Å². The molecule has 1 aliphatic rings. The van der Waals surface area contributed by atoms with E-state index in [1.165, 1.54) is 12.3 Å². The van der Waals surface area contributed by atoms with Crippen molar-refractivity contribution in [2.75, 3.05) is 57.6 Å². The van der Waals surface area contributed by atoms with Gasteiger partial charge in [-0.05, 0) is 51.7 Å².